The molecule has 1 N–H and O–H groups in total. The highest BCUT2D eigenvalue weighted by atomic mass is 32.1. The minimum Gasteiger partial charge on any atom is -0.466 e. The number of ether oxygens (including phenoxy) is 1. The van der Waals surface area contributed by atoms with Crippen molar-refractivity contribution in [2.75, 3.05) is 29.9 Å². The molecule has 33 heavy (non-hydrogen) atoms. The second-order valence-electron chi connectivity index (χ2n) is 8.76. The number of nitrogens with zero attached hydrogens (tertiary/aromatic N) is 3. The van der Waals surface area contributed by atoms with Crippen LogP contribution < -0.4 is 10.2 Å². The van der Waals surface area contributed by atoms with Crippen LogP contribution in [-0.2, 0) is 28.9 Å². The molecular formula is C25H29FN4O2S. The Labute approximate surface area is 197 Å². The fourth-order valence-electron chi connectivity index (χ4n) is 4.78. The fraction of sp³-hybridized carbons (Fsp3) is 0.480. The van der Waals surface area contributed by atoms with E-state index in [-0.39, 0.29) is 17.7 Å². The van der Waals surface area contributed by atoms with Crippen molar-refractivity contribution < 1.29 is 13.9 Å². The van der Waals surface area contributed by atoms with Crippen molar-refractivity contribution in [1.82, 2.24) is 9.97 Å². The smallest absolute Gasteiger partial charge is 0.309 e. The topological polar surface area (TPSA) is 67.3 Å². The van der Waals surface area contributed by atoms with E-state index in [0.717, 1.165) is 60.4 Å². The average molecular weight is 469 g/mol. The molecule has 6 nitrogen and oxygen atoms in total. The van der Waals surface area contributed by atoms with Gasteiger partial charge in [-0.25, -0.2) is 9.37 Å². The summed E-state index contributed by atoms with van der Waals surface area (Å²) in [5, 5.41) is 4.66. The maximum absolute atomic E-state index is 13.3. The van der Waals surface area contributed by atoms with E-state index in [9.17, 15) is 9.18 Å². The zero-order chi connectivity index (χ0) is 22.8. The van der Waals surface area contributed by atoms with Crippen LogP contribution in [0.1, 0.15) is 48.6 Å². The molecular weight excluding hydrogens is 439 g/mol. The number of fused-ring (bicyclic) bond motifs is 3. The van der Waals surface area contributed by atoms with E-state index >= 15 is 0 Å². The second-order valence-corrected chi connectivity index (χ2v) is 9.84. The number of benzene rings is 1. The van der Waals surface area contributed by atoms with E-state index in [2.05, 4.69) is 10.2 Å². The van der Waals surface area contributed by atoms with Crippen molar-refractivity contribution in [3.05, 3.63) is 46.1 Å². The number of thiophene rings is 1. The Hall–Kier alpha value is -2.74. The molecule has 1 aliphatic carbocycles. The number of anilines is 2. The Kier molecular flexibility index (Phi) is 6.44. The molecule has 0 unspecified atom stereocenters. The minimum absolute atomic E-state index is 0.0462. The lowest BCUT2D eigenvalue weighted by Crippen LogP contribution is -2.38. The van der Waals surface area contributed by atoms with Gasteiger partial charge in [0, 0.05) is 24.5 Å². The van der Waals surface area contributed by atoms with Gasteiger partial charge in [0.1, 0.15) is 16.5 Å². The number of carbonyl (C=O) groups excluding carboxylic acids is 1. The van der Waals surface area contributed by atoms with Gasteiger partial charge in [-0.2, -0.15) is 4.98 Å². The molecule has 3 aromatic rings. The number of halogens is 1. The van der Waals surface area contributed by atoms with Gasteiger partial charge in [0.05, 0.1) is 17.9 Å². The van der Waals surface area contributed by atoms with Crippen molar-refractivity contribution in [3.63, 3.8) is 0 Å². The lowest BCUT2D eigenvalue weighted by atomic mass is 9.96. The minimum atomic E-state index is -0.233. The van der Waals surface area contributed by atoms with Gasteiger partial charge in [-0.15, -0.1) is 11.3 Å². The van der Waals surface area contributed by atoms with Crippen LogP contribution in [0.4, 0.5) is 16.2 Å². The molecule has 1 fully saturated rings. The number of piperidine rings is 1. The summed E-state index contributed by atoms with van der Waals surface area (Å²) in [6.07, 6.45) is 6.08. The molecule has 0 spiro atoms. The molecule has 174 valence electrons. The molecule has 5 rings (SSSR count). The van der Waals surface area contributed by atoms with Gasteiger partial charge in [0.25, 0.3) is 0 Å². The van der Waals surface area contributed by atoms with Crippen LogP contribution >= 0.6 is 11.3 Å². The molecule has 1 aromatic carbocycles. The highest BCUT2D eigenvalue weighted by molar-refractivity contribution is 7.19. The summed E-state index contributed by atoms with van der Waals surface area (Å²) in [4.78, 5) is 26.7. The van der Waals surface area contributed by atoms with E-state index in [4.69, 9.17) is 14.7 Å². The Bertz CT molecular complexity index is 1140. The van der Waals surface area contributed by atoms with Crippen molar-refractivity contribution in [2.45, 2.75) is 52.0 Å². The lowest BCUT2D eigenvalue weighted by molar-refractivity contribution is -0.148. The van der Waals surface area contributed by atoms with Crippen LogP contribution in [0.5, 0.6) is 0 Å². The number of hydrogen-bond acceptors (Lipinski definition) is 7. The number of esters is 1. The van der Waals surface area contributed by atoms with E-state index in [1.165, 1.54) is 35.4 Å². The van der Waals surface area contributed by atoms with E-state index < -0.39 is 0 Å². The number of rotatable bonds is 6. The Morgan fingerprint density at radius 1 is 1.18 bits per heavy atom. The first-order valence-electron chi connectivity index (χ1n) is 11.8. The number of aryl methyl sites for hydroxylation is 2. The summed E-state index contributed by atoms with van der Waals surface area (Å²) >= 11 is 1.79. The maximum atomic E-state index is 13.3. The van der Waals surface area contributed by atoms with Gasteiger partial charge in [-0.3, -0.25) is 4.79 Å². The molecule has 0 bridgehead atoms. The standard InChI is InChI=1S/C25H29FN4O2S/c1-2-32-24(31)17-11-13-30(14-12-17)25-28-22(27-15-16-7-9-18(26)10-8-16)21-19-5-3-4-6-20(19)33-23(21)29-25/h7-10,17H,2-6,11-15H2,1H3,(H,27,28,29). The normalized spacial score (nSPS) is 16.6. The molecule has 1 saturated heterocycles. The van der Waals surface area contributed by atoms with Gasteiger partial charge in [-0.1, -0.05) is 12.1 Å². The monoisotopic (exact) mass is 468 g/mol. The summed E-state index contributed by atoms with van der Waals surface area (Å²) in [5.74, 6) is 1.19. The summed E-state index contributed by atoms with van der Waals surface area (Å²) < 4.78 is 18.5. The summed E-state index contributed by atoms with van der Waals surface area (Å²) in [6, 6.07) is 6.56. The third-order valence-corrected chi connectivity index (χ3v) is 7.76. The molecule has 2 aromatic heterocycles. The number of aromatic nitrogens is 2. The first-order valence-corrected chi connectivity index (χ1v) is 12.7. The average Bonchev–Trinajstić information content (AvgIpc) is 3.22. The SMILES string of the molecule is CCOC(=O)C1CCN(c2nc(NCc3ccc(F)cc3)c3c4c(sc3n2)CCCC4)CC1. The highest BCUT2D eigenvalue weighted by Gasteiger charge is 2.28. The van der Waals surface area contributed by atoms with Crippen LogP contribution in [0.25, 0.3) is 10.2 Å². The Morgan fingerprint density at radius 2 is 1.94 bits per heavy atom. The Balaban J connectivity index is 1.42. The van der Waals surface area contributed by atoms with Crippen LogP contribution in [0.2, 0.25) is 0 Å². The van der Waals surface area contributed by atoms with Gasteiger partial charge in [0.15, 0.2) is 0 Å². The molecule has 0 saturated carbocycles. The molecule has 1 aliphatic heterocycles. The third kappa shape index (κ3) is 4.67. The molecule has 8 heteroatoms. The van der Waals surface area contributed by atoms with Crippen molar-refractivity contribution in [3.8, 4) is 0 Å². The highest BCUT2D eigenvalue weighted by Crippen LogP contribution is 2.40. The van der Waals surface area contributed by atoms with Gasteiger partial charge in [0.2, 0.25) is 5.95 Å². The van der Waals surface area contributed by atoms with E-state index in [0.29, 0.717) is 19.1 Å². The largest absolute Gasteiger partial charge is 0.466 e. The predicted molar refractivity (Wildman–Crippen MR) is 129 cm³/mol. The lowest BCUT2D eigenvalue weighted by Gasteiger charge is -2.31. The van der Waals surface area contributed by atoms with Crippen LogP contribution in [-0.4, -0.2) is 35.6 Å². The molecule has 2 aliphatic rings. The summed E-state index contributed by atoms with van der Waals surface area (Å²) in [6.45, 7) is 4.30. The molecule has 3 heterocycles. The van der Waals surface area contributed by atoms with E-state index in [1.54, 1.807) is 23.5 Å². The van der Waals surface area contributed by atoms with Crippen LogP contribution in [0.15, 0.2) is 24.3 Å². The summed E-state index contributed by atoms with van der Waals surface area (Å²) in [7, 11) is 0. The second kappa shape index (κ2) is 9.63. The predicted octanol–water partition coefficient (Wildman–Crippen LogP) is 5.10. The number of nitrogens with one attached hydrogen (secondary N) is 1. The van der Waals surface area contributed by atoms with Gasteiger partial charge in [-0.05, 0) is 68.7 Å². The molecule has 0 amide bonds. The van der Waals surface area contributed by atoms with Crippen LogP contribution in [0, 0.1) is 11.7 Å². The van der Waals surface area contributed by atoms with Crippen molar-refractivity contribution in [1.29, 1.82) is 0 Å². The fourth-order valence-corrected chi connectivity index (χ4v) is 6.04. The quantitative estimate of drug-likeness (QED) is 0.508. The summed E-state index contributed by atoms with van der Waals surface area (Å²) in [5.41, 5.74) is 2.39. The van der Waals surface area contributed by atoms with Gasteiger partial charge >= 0.3 is 5.97 Å². The maximum Gasteiger partial charge on any atom is 0.309 e. The van der Waals surface area contributed by atoms with Gasteiger partial charge < -0.3 is 15.0 Å². The number of carbonyl (C=O) groups is 1. The van der Waals surface area contributed by atoms with Crippen molar-refractivity contribution >= 4 is 39.3 Å². The zero-order valence-electron chi connectivity index (χ0n) is 18.9. The zero-order valence-corrected chi connectivity index (χ0v) is 19.7. The van der Waals surface area contributed by atoms with Crippen molar-refractivity contribution in [2.24, 2.45) is 5.92 Å². The molecule has 0 atom stereocenters. The first kappa shape index (κ1) is 22.1. The Morgan fingerprint density at radius 3 is 2.70 bits per heavy atom. The van der Waals surface area contributed by atoms with Crippen LogP contribution in [0.3, 0.4) is 0 Å². The molecule has 0 radical (unpaired) electrons. The first-order chi connectivity index (χ1) is 16.1. The number of hydrogen-bond donors (Lipinski definition) is 1. The van der Waals surface area contributed by atoms with E-state index in [1.807, 2.05) is 6.92 Å². The third-order valence-electron chi connectivity index (χ3n) is 6.57.